The highest BCUT2D eigenvalue weighted by Gasteiger charge is 2.22. The summed E-state index contributed by atoms with van der Waals surface area (Å²) in [6, 6.07) is 7.28. The van der Waals surface area contributed by atoms with E-state index in [0.29, 0.717) is 11.4 Å². The highest BCUT2D eigenvalue weighted by Crippen LogP contribution is 2.28. The van der Waals surface area contributed by atoms with Gasteiger partial charge in [0.2, 0.25) is 11.7 Å². The Balaban J connectivity index is 2.10. The number of aromatic carboxylic acids is 1. The molecule has 1 aliphatic rings. The van der Waals surface area contributed by atoms with Gasteiger partial charge in [-0.3, -0.25) is 0 Å². The summed E-state index contributed by atoms with van der Waals surface area (Å²) in [5.41, 5.74) is 0.597. The van der Waals surface area contributed by atoms with Crippen LogP contribution in [0.2, 0.25) is 0 Å². The molecule has 1 aromatic carbocycles. The molecule has 5 heteroatoms. The fourth-order valence-corrected chi connectivity index (χ4v) is 1.88. The number of hydrogen-bond donors (Lipinski definition) is 1. The molecule has 1 aromatic heterocycles. The molecule has 1 saturated carbocycles. The fourth-order valence-electron chi connectivity index (χ4n) is 1.88. The van der Waals surface area contributed by atoms with Gasteiger partial charge in [-0.15, -0.1) is 0 Å². The van der Waals surface area contributed by atoms with Crippen LogP contribution >= 0.6 is 0 Å². The smallest absolute Gasteiger partial charge is 0.374 e. The van der Waals surface area contributed by atoms with Crippen LogP contribution in [0.15, 0.2) is 24.3 Å². The van der Waals surface area contributed by atoms with Crippen molar-refractivity contribution < 1.29 is 14.6 Å². The van der Waals surface area contributed by atoms with Crippen LogP contribution in [-0.2, 0) is 0 Å². The quantitative estimate of drug-likeness (QED) is 0.896. The zero-order chi connectivity index (χ0) is 12.5. The van der Waals surface area contributed by atoms with Crippen molar-refractivity contribution >= 4 is 16.9 Å². The standard InChI is InChI=1S/C13H12N2O3/c16-13(17)11-14-10-7-2-1-6-9(10)12(15-11)18-8-4-3-5-8/h1-2,6-8H,3-5H2,(H,16,17). The summed E-state index contributed by atoms with van der Waals surface area (Å²) in [6.07, 6.45) is 3.31. The third kappa shape index (κ3) is 1.88. The molecule has 0 radical (unpaired) electrons. The summed E-state index contributed by atoms with van der Waals surface area (Å²) >= 11 is 0. The van der Waals surface area contributed by atoms with Crippen LogP contribution < -0.4 is 4.74 Å². The van der Waals surface area contributed by atoms with Gasteiger partial charge in [-0.05, 0) is 31.4 Å². The van der Waals surface area contributed by atoms with E-state index in [2.05, 4.69) is 9.97 Å². The van der Waals surface area contributed by atoms with Crippen LogP contribution in [0.4, 0.5) is 0 Å². The summed E-state index contributed by atoms with van der Waals surface area (Å²) in [5.74, 6) is -0.982. The van der Waals surface area contributed by atoms with Crippen molar-refractivity contribution in [3.63, 3.8) is 0 Å². The molecule has 0 amide bonds. The molecule has 5 nitrogen and oxygen atoms in total. The van der Waals surface area contributed by atoms with Crippen molar-refractivity contribution in [2.75, 3.05) is 0 Å². The van der Waals surface area contributed by atoms with E-state index >= 15 is 0 Å². The molecule has 2 aromatic rings. The van der Waals surface area contributed by atoms with E-state index in [1.807, 2.05) is 18.2 Å². The summed E-state index contributed by atoms with van der Waals surface area (Å²) in [6.45, 7) is 0. The first-order valence-corrected chi connectivity index (χ1v) is 5.91. The molecule has 92 valence electrons. The number of aromatic nitrogens is 2. The lowest BCUT2D eigenvalue weighted by molar-refractivity contribution is 0.0678. The van der Waals surface area contributed by atoms with Crippen LogP contribution in [0.5, 0.6) is 5.88 Å². The van der Waals surface area contributed by atoms with Crippen molar-refractivity contribution in [3.05, 3.63) is 30.1 Å². The van der Waals surface area contributed by atoms with Crippen molar-refractivity contribution in [2.24, 2.45) is 0 Å². The molecular weight excluding hydrogens is 232 g/mol. The highest BCUT2D eigenvalue weighted by molar-refractivity contribution is 5.89. The maximum atomic E-state index is 11.0. The number of rotatable bonds is 3. The van der Waals surface area contributed by atoms with Crippen molar-refractivity contribution in [1.82, 2.24) is 9.97 Å². The van der Waals surface area contributed by atoms with E-state index in [1.54, 1.807) is 6.07 Å². The highest BCUT2D eigenvalue weighted by atomic mass is 16.5. The molecule has 1 aliphatic carbocycles. The number of benzene rings is 1. The van der Waals surface area contributed by atoms with Gasteiger partial charge in [-0.25, -0.2) is 9.78 Å². The van der Waals surface area contributed by atoms with Gasteiger partial charge in [-0.2, -0.15) is 4.98 Å². The second-order valence-corrected chi connectivity index (χ2v) is 4.35. The Labute approximate surface area is 103 Å². The first-order chi connectivity index (χ1) is 8.74. The van der Waals surface area contributed by atoms with Gasteiger partial charge in [0.25, 0.3) is 0 Å². The van der Waals surface area contributed by atoms with Crippen LogP contribution in [0.3, 0.4) is 0 Å². The van der Waals surface area contributed by atoms with E-state index < -0.39 is 5.97 Å². The van der Waals surface area contributed by atoms with Crippen molar-refractivity contribution in [1.29, 1.82) is 0 Å². The van der Waals surface area contributed by atoms with Crippen LogP contribution in [0.25, 0.3) is 10.9 Å². The van der Waals surface area contributed by atoms with Gasteiger partial charge in [-0.1, -0.05) is 12.1 Å². The molecule has 18 heavy (non-hydrogen) atoms. The predicted molar refractivity (Wildman–Crippen MR) is 64.8 cm³/mol. The Morgan fingerprint density at radius 2 is 2.06 bits per heavy atom. The molecule has 1 heterocycles. The zero-order valence-electron chi connectivity index (χ0n) is 9.67. The number of carboxylic acids is 1. The Bertz CT molecular complexity index is 608. The average molecular weight is 244 g/mol. The first kappa shape index (κ1) is 11.0. The Morgan fingerprint density at radius 1 is 1.28 bits per heavy atom. The topological polar surface area (TPSA) is 72.3 Å². The number of nitrogens with zero attached hydrogens (tertiary/aromatic N) is 2. The maximum Gasteiger partial charge on any atom is 0.374 e. The van der Waals surface area contributed by atoms with E-state index in [-0.39, 0.29) is 11.9 Å². The van der Waals surface area contributed by atoms with Crippen molar-refractivity contribution in [3.8, 4) is 5.88 Å². The number of para-hydroxylation sites is 1. The van der Waals surface area contributed by atoms with Crippen LogP contribution in [0, 0.1) is 0 Å². The second kappa shape index (κ2) is 4.25. The Morgan fingerprint density at radius 3 is 2.72 bits per heavy atom. The lowest BCUT2D eigenvalue weighted by Gasteiger charge is -2.26. The number of ether oxygens (including phenoxy) is 1. The van der Waals surface area contributed by atoms with E-state index in [9.17, 15) is 4.79 Å². The SMILES string of the molecule is O=C(O)c1nc(OC2CCC2)c2ccccc2n1. The number of hydrogen-bond acceptors (Lipinski definition) is 4. The molecule has 1 fully saturated rings. The predicted octanol–water partition coefficient (Wildman–Crippen LogP) is 2.26. The fraction of sp³-hybridized carbons (Fsp3) is 0.308. The minimum absolute atomic E-state index is 0.157. The largest absolute Gasteiger partial charge is 0.475 e. The average Bonchev–Trinajstić information content (AvgIpc) is 2.33. The lowest BCUT2D eigenvalue weighted by atomic mass is 9.96. The molecule has 0 bridgehead atoms. The van der Waals surface area contributed by atoms with Crippen molar-refractivity contribution in [2.45, 2.75) is 25.4 Å². The van der Waals surface area contributed by atoms with Gasteiger partial charge in [0.1, 0.15) is 6.10 Å². The minimum Gasteiger partial charge on any atom is -0.475 e. The minimum atomic E-state index is -1.14. The molecule has 0 aliphatic heterocycles. The molecule has 0 atom stereocenters. The maximum absolute atomic E-state index is 11.0. The summed E-state index contributed by atoms with van der Waals surface area (Å²) < 4.78 is 5.74. The van der Waals surface area contributed by atoms with Gasteiger partial charge in [0, 0.05) is 0 Å². The molecule has 0 saturated heterocycles. The molecule has 3 rings (SSSR count). The third-order valence-electron chi connectivity index (χ3n) is 3.09. The Hall–Kier alpha value is -2.17. The summed E-state index contributed by atoms with van der Waals surface area (Å²) in [4.78, 5) is 19.0. The monoisotopic (exact) mass is 244 g/mol. The number of carbonyl (C=O) groups is 1. The van der Waals surface area contributed by atoms with E-state index in [4.69, 9.17) is 9.84 Å². The number of fused-ring (bicyclic) bond motifs is 1. The second-order valence-electron chi connectivity index (χ2n) is 4.35. The first-order valence-electron chi connectivity index (χ1n) is 5.91. The number of carboxylic acid groups (broad SMARTS) is 1. The van der Waals surface area contributed by atoms with Gasteiger partial charge in [0.05, 0.1) is 10.9 Å². The van der Waals surface area contributed by atoms with Gasteiger partial charge >= 0.3 is 5.97 Å². The third-order valence-corrected chi connectivity index (χ3v) is 3.09. The summed E-state index contributed by atoms with van der Waals surface area (Å²) in [7, 11) is 0. The molecule has 0 spiro atoms. The summed E-state index contributed by atoms with van der Waals surface area (Å²) in [5, 5.41) is 9.75. The Kier molecular flexibility index (Phi) is 2.59. The lowest BCUT2D eigenvalue weighted by Crippen LogP contribution is -2.25. The van der Waals surface area contributed by atoms with E-state index in [0.717, 1.165) is 24.6 Å². The molecular formula is C13H12N2O3. The van der Waals surface area contributed by atoms with Gasteiger partial charge < -0.3 is 9.84 Å². The molecule has 1 N–H and O–H groups in total. The van der Waals surface area contributed by atoms with E-state index in [1.165, 1.54) is 0 Å². The zero-order valence-corrected chi connectivity index (χ0v) is 9.67. The van der Waals surface area contributed by atoms with Gasteiger partial charge in [0.15, 0.2) is 0 Å². The van der Waals surface area contributed by atoms with Crippen LogP contribution in [-0.4, -0.2) is 27.1 Å². The van der Waals surface area contributed by atoms with Crippen LogP contribution in [0.1, 0.15) is 29.9 Å². The normalized spacial score (nSPS) is 15.3. The molecule has 0 unspecified atom stereocenters.